The summed E-state index contributed by atoms with van der Waals surface area (Å²) in [7, 11) is 0. The second-order valence-electron chi connectivity index (χ2n) is 2.52. The van der Waals surface area contributed by atoms with Crippen LogP contribution >= 0.6 is 0 Å². The molecule has 0 saturated heterocycles. The van der Waals surface area contributed by atoms with Crippen molar-refractivity contribution < 1.29 is 4.79 Å². The first kappa shape index (κ1) is 10.0. The van der Waals surface area contributed by atoms with Crippen molar-refractivity contribution in [1.29, 1.82) is 0 Å². The molecule has 0 unspecified atom stereocenters. The zero-order chi connectivity index (χ0) is 8.69. The summed E-state index contributed by atoms with van der Waals surface area (Å²) >= 11 is 0. The highest BCUT2D eigenvalue weighted by Gasteiger charge is 1.92. The highest BCUT2D eigenvalue weighted by Crippen LogP contribution is 1.84. The molecule has 0 aromatic rings. The van der Waals surface area contributed by atoms with Crippen molar-refractivity contribution in [2.75, 3.05) is 13.1 Å². The van der Waals surface area contributed by atoms with Crippen LogP contribution in [-0.2, 0) is 0 Å². The summed E-state index contributed by atoms with van der Waals surface area (Å²) in [6.45, 7) is 7.16. The number of hydrogen-bond donors (Lipinski definition) is 2. The first-order chi connectivity index (χ1) is 5.16. The molecule has 0 aromatic carbocycles. The molecule has 0 fully saturated rings. The first-order valence-electron chi connectivity index (χ1n) is 3.82. The van der Waals surface area contributed by atoms with Crippen LogP contribution in [-0.4, -0.2) is 19.1 Å². The van der Waals surface area contributed by atoms with Crippen LogP contribution in [0.15, 0.2) is 11.6 Å². The van der Waals surface area contributed by atoms with Crippen LogP contribution in [0.1, 0.15) is 20.8 Å². The molecule has 2 amide bonds. The van der Waals surface area contributed by atoms with Gasteiger partial charge in [0.2, 0.25) is 0 Å². The molecular formula is C8H16N2O. The third kappa shape index (κ3) is 6.90. The third-order valence-corrected chi connectivity index (χ3v) is 1.11. The topological polar surface area (TPSA) is 41.1 Å². The van der Waals surface area contributed by atoms with Crippen molar-refractivity contribution >= 4 is 6.03 Å². The summed E-state index contributed by atoms with van der Waals surface area (Å²) in [4.78, 5) is 10.8. The number of carbonyl (C=O) groups excluding carboxylic acids is 1. The number of allylic oxidation sites excluding steroid dienone is 1. The van der Waals surface area contributed by atoms with Crippen molar-refractivity contribution in [3.8, 4) is 0 Å². The van der Waals surface area contributed by atoms with E-state index in [1.807, 2.05) is 26.8 Å². The van der Waals surface area contributed by atoms with Gasteiger partial charge in [0.15, 0.2) is 0 Å². The minimum absolute atomic E-state index is 0.106. The lowest BCUT2D eigenvalue weighted by Crippen LogP contribution is -2.35. The largest absolute Gasteiger partial charge is 0.338 e. The maximum absolute atomic E-state index is 10.8. The quantitative estimate of drug-likeness (QED) is 0.594. The average molecular weight is 156 g/mol. The Morgan fingerprint density at radius 3 is 2.45 bits per heavy atom. The molecule has 2 N–H and O–H groups in total. The molecule has 0 aliphatic heterocycles. The fraction of sp³-hybridized carbons (Fsp3) is 0.625. The summed E-state index contributed by atoms with van der Waals surface area (Å²) in [5.74, 6) is 0. The van der Waals surface area contributed by atoms with E-state index in [2.05, 4.69) is 10.6 Å². The summed E-state index contributed by atoms with van der Waals surface area (Å²) in [5.41, 5.74) is 1.21. The fourth-order valence-electron chi connectivity index (χ4n) is 0.571. The Bertz CT molecular complexity index is 148. The fourth-order valence-corrected chi connectivity index (χ4v) is 0.571. The zero-order valence-corrected chi connectivity index (χ0v) is 7.40. The molecule has 0 rings (SSSR count). The first-order valence-corrected chi connectivity index (χ1v) is 3.82. The smallest absolute Gasteiger partial charge is 0.315 e. The number of rotatable bonds is 3. The van der Waals surface area contributed by atoms with Gasteiger partial charge in [-0.1, -0.05) is 11.6 Å². The molecule has 11 heavy (non-hydrogen) atoms. The van der Waals surface area contributed by atoms with E-state index in [-0.39, 0.29) is 6.03 Å². The van der Waals surface area contributed by atoms with Crippen LogP contribution < -0.4 is 10.6 Å². The predicted molar refractivity (Wildman–Crippen MR) is 46.5 cm³/mol. The number of carbonyl (C=O) groups is 1. The number of amides is 2. The predicted octanol–water partition coefficient (Wildman–Crippen LogP) is 1.27. The number of nitrogens with one attached hydrogen (secondary N) is 2. The van der Waals surface area contributed by atoms with Gasteiger partial charge in [0.1, 0.15) is 0 Å². The Morgan fingerprint density at radius 1 is 1.36 bits per heavy atom. The minimum atomic E-state index is -0.106. The molecule has 64 valence electrons. The van der Waals surface area contributed by atoms with E-state index >= 15 is 0 Å². The van der Waals surface area contributed by atoms with Gasteiger partial charge in [-0.15, -0.1) is 0 Å². The lowest BCUT2D eigenvalue weighted by atomic mass is 10.3. The van der Waals surface area contributed by atoms with Gasteiger partial charge in [0, 0.05) is 13.1 Å². The average Bonchev–Trinajstić information content (AvgIpc) is 1.87. The Labute approximate surface area is 67.9 Å². The molecule has 0 aliphatic carbocycles. The number of urea groups is 1. The van der Waals surface area contributed by atoms with E-state index < -0.39 is 0 Å². The van der Waals surface area contributed by atoms with Crippen LogP contribution in [0.4, 0.5) is 4.79 Å². The van der Waals surface area contributed by atoms with Gasteiger partial charge >= 0.3 is 6.03 Å². The lowest BCUT2D eigenvalue weighted by Gasteiger charge is -2.01. The summed E-state index contributed by atoms with van der Waals surface area (Å²) in [6, 6.07) is -0.106. The Kier molecular flexibility index (Phi) is 5.25. The second kappa shape index (κ2) is 5.77. The van der Waals surface area contributed by atoms with Gasteiger partial charge < -0.3 is 10.6 Å². The van der Waals surface area contributed by atoms with Crippen LogP contribution in [0.25, 0.3) is 0 Å². The van der Waals surface area contributed by atoms with Gasteiger partial charge in [-0.25, -0.2) is 4.79 Å². The van der Waals surface area contributed by atoms with Crippen LogP contribution in [0, 0.1) is 0 Å². The monoisotopic (exact) mass is 156 g/mol. The van der Waals surface area contributed by atoms with Crippen molar-refractivity contribution in [2.45, 2.75) is 20.8 Å². The molecule has 0 saturated carbocycles. The SMILES string of the molecule is CCNC(=O)NCC=C(C)C. The Hall–Kier alpha value is -0.990. The van der Waals surface area contributed by atoms with E-state index in [4.69, 9.17) is 0 Å². The lowest BCUT2D eigenvalue weighted by molar-refractivity contribution is 0.242. The molecule has 0 atom stereocenters. The van der Waals surface area contributed by atoms with Crippen LogP contribution in [0.5, 0.6) is 0 Å². The molecule has 3 heteroatoms. The Morgan fingerprint density at radius 2 is 2.00 bits per heavy atom. The van der Waals surface area contributed by atoms with Crippen LogP contribution in [0.3, 0.4) is 0 Å². The number of hydrogen-bond acceptors (Lipinski definition) is 1. The molecule has 0 radical (unpaired) electrons. The van der Waals surface area contributed by atoms with E-state index in [0.29, 0.717) is 13.1 Å². The van der Waals surface area contributed by atoms with Crippen LogP contribution in [0.2, 0.25) is 0 Å². The van der Waals surface area contributed by atoms with Crippen molar-refractivity contribution in [1.82, 2.24) is 10.6 Å². The summed E-state index contributed by atoms with van der Waals surface area (Å²) < 4.78 is 0. The molecule has 0 heterocycles. The van der Waals surface area contributed by atoms with Crippen molar-refractivity contribution in [3.63, 3.8) is 0 Å². The molecule has 0 aromatic heterocycles. The summed E-state index contributed by atoms with van der Waals surface area (Å²) in [6.07, 6.45) is 1.97. The highest BCUT2D eigenvalue weighted by atomic mass is 16.2. The van der Waals surface area contributed by atoms with Crippen molar-refractivity contribution in [2.24, 2.45) is 0 Å². The van der Waals surface area contributed by atoms with Gasteiger partial charge in [-0.2, -0.15) is 0 Å². The van der Waals surface area contributed by atoms with Crippen molar-refractivity contribution in [3.05, 3.63) is 11.6 Å². The van der Waals surface area contributed by atoms with E-state index in [1.54, 1.807) is 0 Å². The molecule has 0 spiro atoms. The standard InChI is InChI=1S/C8H16N2O/c1-4-9-8(11)10-6-5-7(2)3/h5H,4,6H2,1-3H3,(H2,9,10,11). The minimum Gasteiger partial charge on any atom is -0.338 e. The van der Waals surface area contributed by atoms with E-state index in [0.717, 1.165) is 0 Å². The van der Waals surface area contributed by atoms with Gasteiger partial charge in [-0.3, -0.25) is 0 Å². The third-order valence-electron chi connectivity index (χ3n) is 1.11. The Balaban J connectivity index is 3.39. The summed E-state index contributed by atoms with van der Waals surface area (Å²) in [5, 5.41) is 5.33. The second-order valence-corrected chi connectivity index (χ2v) is 2.52. The normalized spacial score (nSPS) is 8.64. The molecule has 3 nitrogen and oxygen atoms in total. The molecule has 0 aliphatic rings. The van der Waals surface area contributed by atoms with E-state index in [9.17, 15) is 4.79 Å². The highest BCUT2D eigenvalue weighted by molar-refractivity contribution is 5.73. The molecule has 0 bridgehead atoms. The van der Waals surface area contributed by atoms with Gasteiger partial charge in [-0.05, 0) is 20.8 Å². The maximum Gasteiger partial charge on any atom is 0.315 e. The van der Waals surface area contributed by atoms with Gasteiger partial charge in [0.05, 0.1) is 0 Å². The zero-order valence-electron chi connectivity index (χ0n) is 7.40. The van der Waals surface area contributed by atoms with E-state index in [1.165, 1.54) is 5.57 Å². The molecular weight excluding hydrogens is 140 g/mol. The maximum atomic E-state index is 10.8. The van der Waals surface area contributed by atoms with Gasteiger partial charge in [0.25, 0.3) is 0 Å².